The maximum Gasteiger partial charge on any atom is 0.188 e. The predicted octanol–water partition coefficient (Wildman–Crippen LogP) is 3.92. The summed E-state index contributed by atoms with van der Waals surface area (Å²) in [5.74, 6) is 0.556. The molecule has 17 heavy (non-hydrogen) atoms. The van der Waals surface area contributed by atoms with Gasteiger partial charge in [0.25, 0.3) is 0 Å². The van der Waals surface area contributed by atoms with Crippen molar-refractivity contribution in [3.8, 4) is 0 Å². The van der Waals surface area contributed by atoms with Crippen LogP contribution >= 0.6 is 11.6 Å². The molecule has 0 radical (unpaired) electrons. The minimum absolute atomic E-state index is 0.0685. The lowest BCUT2D eigenvalue weighted by molar-refractivity contribution is 0.0983. The van der Waals surface area contributed by atoms with E-state index in [1.807, 2.05) is 6.07 Å². The number of alkyl halides is 1. The average Bonchev–Trinajstić information content (AvgIpc) is 2.78. The zero-order valence-corrected chi connectivity index (χ0v) is 9.92. The molecule has 86 valence electrons. The number of hydrogen-bond donors (Lipinski definition) is 1. The number of ketones is 1. The standard InChI is InChI=1S/C13H11ClN2O/c1-15-9-4-5-12-10(7-9)11(8-16-12)13(17)3-2-6-14/h4-5,7-8,16H,2-3,6H2. The van der Waals surface area contributed by atoms with Crippen LogP contribution in [0, 0.1) is 6.57 Å². The highest BCUT2D eigenvalue weighted by atomic mass is 35.5. The Morgan fingerprint density at radius 2 is 2.29 bits per heavy atom. The molecule has 0 unspecified atom stereocenters. The summed E-state index contributed by atoms with van der Waals surface area (Å²) in [6.07, 6.45) is 2.82. The fourth-order valence-corrected chi connectivity index (χ4v) is 1.90. The number of halogens is 1. The first-order chi connectivity index (χ1) is 8.26. The molecule has 0 aliphatic carbocycles. The van der Waals surface area contributed by atoms with Crippen LogP contribution in [0.3, 0.4) is 0 Å². The number of carbonyl (C=O) groups is 1. The zero-order chi connectivity index (χ0) is 12.3. The van der Waals surface area contributed by atoms with Gasteiger partial charge in [-0.1, -0.05) is 6.07 Å². The SMILES string of the molecule is [C-]#[N+]c1ccc2[nH]cc(C(=O)CCCCl)c2c1. The lowest BCUT2D eigenvalue weighted by Crippen LogP contribution is -1.97. The number of Topliss-reactive ketones (excluding diaryl/α,β-unsaturated/α-hetero) is 1. The van der Waals surface area contributed by atoms with Crippen molar-refractivity contribution in [2.45, 2.75) is 12.8 Å². The summed E-state index contributed by atoms with van der Waals surface area (Å²) in [5.41, 5.74) is 2.07. The van der Waals surface area contributed by atoms with Gasteiger partial charge < -0.3 is 4.98 Å². The first-order valence-corrected chi connectivity index (χ1v) is 5.87. The topological polar surface area (TPSA) is 37.2 Å². The molecule has 2 rings (SSSR count). The number of aromatic nitrogens is 1. The molecule has 0 fully saturated rings. The number of benzene rings is 1. The summed E-state index contributed by atoms with van der Waals surface area (Å²) in [6.45, 7) is 6.97. The van der Waals surface area contributed by atoms with Gasteiger partial charge in [-0.05, 0) is 23.9 Å². The molecular formula is C13H11ClN2O. The Balaban J connectivity index is 2.41. The molecule has 0 bridgehead atoms. The Kier molecular flexibility index (Phi) is 3.46. The smallest absolute Gasteiger partial charge is 0.188 e. The van der Waals surface area contributed by atoms with Crippen LogP contribution in [0.5, 0.6) is 0 Å². The van der Waals surface area contributed by atoms with Crippen molar-refractivity contribution >= 4 is 34.0 Å². The lowest BCUT2D eigenvalue weighted by atomic mass is 10.1. The molecule has 1 heterocycles. The monoisotopic (exact) mass is 246 g/mol. The second kappa shape index (κ2) is 5.03. The quantitative estimate of drug-likeness (QED) is 0.496. The van der Waals surface area contributed by atoms with E-state index in [-0.39, 0.29) is 5.78 Å². The number of nitrogens with zero attached hydrogens (tertiary/aromatic N) is 1. The van der Waals surface area contributed by atoms with E-state index in [0.29, 0.717) is 30.0 Å². The van der Waals surface area contributed by atoms with Gasteiger partial charge in [0.1, 0.15) is 0 Å². The van der Waals surface area contributed by atoms with Gasteiger partial charge in [-0.25, -0.2) is 4.85 Å². The lowest BCUT2D eigenvalue weighted by Gasteiger charge is -1.98. The number of hydrogen-bond acceptors (Lipinski definition) is 1. The zero-order valence-electron chi connectivity index (χ0n) is 9.16. The van der Waals surface area contributed by atoms with E-state index >= 15 is 0 Å². The van der Waals surface area contributed by atoms with E-state index in [1.165, 1.54) is 0 Å². The van der Waals surface area contributed by atoms with Crippen LogP contribution in [0.2, 0.25) is 0 Å². The number of nitrogens with one attached hydrogen (secondary N) is 1. The van der Waals surface area contributed by atoms with Crippen molar-refractivity contribution in [3.05, 3.63) is 41.4 Å². The van der Waals surface area contributed by atoms with Crippen molar-refractivity contribution < 1.29 is 4.79 Å². The van der Waals surface area contributed by atoms with Crippen LogP contribution < -0.4 is 0 Å². The Morgan fingerprint density at radius 3 is 3.00 bits per heavy atom. The largest absolute Gasteiger partial charge is 0.361 e. The van der Waals surface area contributed by atoms with Crippen molar-refractivity contribution in [1.82, 2.24) is 4.98 Å². The normalized spacial score (nSPS) is 10.4. The van der Waals surface area contributed by atoms with Gasteiger partial charge in [0.05, 0.1) is 6.57 Å². The van der Waals surface area contributed by atoms with Gasteiger partial charge in [0.2, 0.25) is 0 Å². The minimum Gasteiger partial charge on any atom is -0.361 e. The second-order valence-electron chi connectivity index (χ2n) is 3.76. The van der Waals surface area contributed by atoms with E-state index < -0.39 is 0 Å². The van der Waals surface area contributed by atoms with Crippen LogP contribution in [0.25, 0.3) is 15.7 Å². The first kappa shape index (κ1) is 11.7. The number of fused-ring (bicyclic) bond motifs is 1. The van der Waals surface area contributed by atoms with Crippen molar-refractivity contribution in [2.75, 3.05) is 5.88 Å². The molecule has 0 saturated heterocycles. The molecule has 0 aliphatic rings. The van der Waals surface area contributed by atoms with Gasteiger partial charge >= 0.3 is 0 Å². The van der Waals surface area contributed by atoms with Crippen LogP contribution in [0.1, 0.15) is 23.2 Å². The van der Waals surface area contributed by atoms with Gasteiger partial charge in [-0.15, -0.1) is 11.6 Å². The summed E-state index contributed by atoms with van der Waals surface area (Å²) in [7, 11) is 0. The molecular weight excluding hydrogens is 236 g/mol. The number of aromatic amines is 1. The van der Waals surface area contributed by atoms with Crippen LogP contribution in [-0.4, -0.2) is 16.6 Å². The summed E-state index contributed by atoms with van der Waals surface area (Å²) in [5, 5.41) is 0.818. The van der Waals surface area contributed by atoms with E-state index in [9.17, 15) is 4.79 Å². The second-order valence-corrected chi connectivity index (χ2v) is 4.14. The first-order valence-electron chi connectivity index (χ1n) is 5.34. The fourth-order valence-electron chi connectivity index (χ4n) is 1.77. The van der Waals surface area contributed by atoms with E-state index in [2.05, 4.69) is 9.83 Å². The Hall–Kier alpha value is -1.79. The molecule has 0 atom stereocenters. The summed E-state index contributed by atoms with van der Waals surface area (Å²) in [4.78, 5) is 18.3. The van der Waals surface area contributed by atoms with Gasteiger partial charge in [0.15, 0.2) is 11.5 Å². The fraction of sp³-hybridized carbons (Fsp3) is 0.231. The number of carbonyl (C=O) groups excluding carboxylic acids is 1. The van der Waals surface area contributed by atoms with Gasteiger partial charge in [-0.2, -0.15) is 0 Å². The number of rotatable bonds is 4. The molecule has 1 aromatic heterocycles. The molecule has 2 aromatic rings. The van der Waals surface area contributed by atoms with Crippen molar-refractivity contribution in [2.24, 2.45) is 0 Å². The highest BCUT2D eigenvalue weighted by molar-refractivity contribution is 6.18. The van der Waals surface area contributed by atoms with Gasteiger partial charge in [-0.3, -0.25) is 4.79 Å². The van der Waals surface area contributed by atoms with Gasteiger partial charge in [0, 0.05) is 29.6 Å². The summed E-state index contributed by atoms with van der Waals surface area (Å²) < 4.78 is 0. The van der Waals surface area contributed by atoms with E-state index in [0.717, 1.165) is 10.9 Å². The Morgan fingerprint density at radius 1 is 1.47 bits per heavy atom. The summed E-state index contributed by atoms with van der Waals surface area (Å²) >= 11 is 5.57. The van der Waals surface area contributed by atoms with Crippen molar-refractivity contribution in [1.29, 1.82) is 0 Å². The summed E-state index contributed by atoms with van der Waals surface area (Å²) in [6, 6.07) is 5.30. The molecule has 0 amide bonds. The van der Waals surface area contributed by atoms with Crippen LogP contribution in [0.15, 0.2) is 24.4 Å². The highest BCUT2D eigenvalue weighted by Crippen LogP contribution is 2.25. The molecule has 1 N–H and O–H groups in total. The highest BCUT2D eigenvalue weighted by Gasteiger charge is 2.11. The van der Waals surface area contributed by atoms with Crippen LogP contribution in [-0.2, 0) is 0 Å². The maximum atomic E-state index is 11.9. The third-order valence-electron chi connectivity index (χ3n) is 2.63. The molecule has 4 heteroatoms. The molecule has 0 saturated carbocycles. The van der Waals surface area contributed by atoms with Crippen LogP contribution in [0.4, 0.5) is 5.69 Å². The van der Waals surface area contributed by atoms with Crippen molar-refractivity contribution in [3.63, 3.8) is 0 Å². The van der Waals surface area contributed by atoms with E-state index in [4.69, 9.17) is 18.2 Å². The molecule has 0 spiro atoms. The molecule has 3 nitrogen and oxygen atoms in total. The van der Waals surface area contributed by atoms with E-state index in [1.54, 1.807) is 18.3 Å². The maximum absolute atomic E-state index is 11.9. The third-order valence-corrected chi connectivity index (χ3v) is 2.90. The third kappa shape index (κ3) is 2.32. The molecule has 0 aliphatic heterocycles. The predicted molar refractivity (Wildman–Crippen MR) is 68.8 cm³/mol. The average molecular weight is 247 g/mol. The minimum atomic E-state index is 0.0685. The number of H-pyrrole nitrogens is 1. The molecule has 1 aromatic carbocycles. The Labute approximate surface area is 104 Å². The Bertz CT molecular complexity index is 595.